The Hall–Kier alpha value is -1.43. The number of amides is 2. The second-order valence-corrected chi connectivity index (χ2v) is 4.52. The lowest BCUT2D eigenvalue weighted by Gasteiger charge is -2.21. The number of nitrogens with zero attached hydrogens (tertiary/aromatic N) is 1. The van der Waals surface area contributed by atoms with Crippen molar-refractivity contribution in [2.45, 2.75) is 6.42 Å². The van der Waals surface area contributed by atoms with Crippen molar-refractivity contribution in [1.29, 1.82) is 0 Å². The number of hydrogen-bond donors (Lipinski definition) is 1. The molecule has 1 heterocycles. The molecule has 6 heteroatoms. The number of carbonyl (C=O) groups is 2. The Morgan fingerprint density at radius 3 is 2.82 bits per heavy atom. The van der Waals surface area contributed by atoms with E-state index in [2.05, 4.69) is 21.2 Å². The minimum atomic E-state index is -0.378. The second-order valence-electron chi connectivity index (χ2n) is 3.67. The van der Waals surface area contributed by atoms with Crippen LogP contribution in [0.15, 0.2) is 22.7 Å². The second kappa shape index (κ2) is 4.83. The van der Waals surface area contributed by atoms with Crippen LogP contribution in [0.4, 0.5) is 10.1 Å². The summed E-state index contributed by atoms with van der Waals surface area (Å²) >= 11 is 3.21. The molecule has 2 amide bonds. The van der Waals surface area contributed by atoms with Crippen LogP contribution in [0.3, 0.4) is 0 Å². The molecular weight excluding hydrogens is 291 g/mol. The van der Waals surface area contributed by atoms with Gasteiger partial charge in [0.1, 0.15) is 5.82 Å². The number of anilines is 1. The van der Waals surface area contributed by atoms with E-state index in [0.29, 0.717) is 16.7 Å². The van der Waals surface area contributed by atoms with Gasteiger partial charge >= 0.3 is 0 Å². The monoisotopic (exact) mass is 300 g/mol. The van der Waals surface area contributed by atoms with Crippen LogP contribution in [0.1, 0.15) is 6.42 Å². The molecule has 0 saturated carbocycles. The van der Waals surface area contributed by atoms with Crippen LogP contribution < -0.4 is 10.2 Å². The van der Waals surface area contributed by atoms with Crippen LogP contribution in [0.25, 0.3) is 0 Å². The summed E-state index contributed by atoms with van der Waals surface area (Å²) in [4.78, 5) is 24.5. The van der Waals surface area contributed by atoms with Gasteiger partial charge in [-0.25, -0.2) is 4.39 Å². The highest BCUT2D eigenvalue weighted by Crippen LogP contribution is 2.27. The summed E-state index contributed by atoms with van der Waals surface area (Å²) in [7, 11) is 0. The fourth-order valence-corrected chi connectivity index (χ4v) is 2.22. The molecule has 1 aromatic carbocycles. The van der Waals surface area contributed by atoms with Crippen molar-refractivity contribution in [3.05, 3.63) is 28.5 Å². The summed E-state index contributed by atoms with van der Waals surface area (Å²) in [5, 5.41) is 2.51. The van der Waals surface area contributed by atoms with Gasteiger partial charge in [-0.2, -0.15) is 0 Å². The zero-order chi connectivity index (χ0) is 12.4. The molecular formula is C11H10BrFN2O2. The lowest BCUT2D eigenvalue weighted by atomic mass is 10.2. The van der Waals surface area contributed by atoms with E-state index in [9.17, 15) is 14.0 Å². The highest BCUT2D eigenvalue weighted by atomic mass is 79.9. The molecule has 90 valence electrons. The first kappa shape index (κ1) is 12.0. The van der Waals surface area contributed by atoms with Gasteiger partial charge in [0.05, 0.1) is 12.2 Å². The summed E-state index contributed by atoms with van der Waals surface area (Å²) in [6, 6.07) is 4.10. The number of nitrogens with one attached hydrogen (secondary N) is 1. The molecule has 0 radical (unpaired) electrons. The molecule has 0 bridgehead atoms. The van der Waals surface area contributed by atoms with E-state index in [4.69, 9.17) is 0 Å². The summed E-state index contributed by atoms with van der Waals surface area (Å²) in [5.74, 6) is -0.737. The number of hydrogen-bond acceptors (Lipinski definition) is 2. The maximum atomic E-state index is 13.0. The van der Waals surface area contributed by atoms with Crippen LogP contribution in [0.5, 0.6) is 0 Å². The van der Waals surface area contributed by atoms with Crippen molar-refractivity contribution in [1.82, 2.24) is 5.32 Å². The van der Waals surface area contributed by atoms with Crippen LogP contribution in [-0.4, -0.2) is 24.9 Å². The maximum absolute atomic E-state index is 13.0. The van der Waals surface area contributed by atoms with Crippen LogP contribution in [0.2, 0.25) is 0 Å². The van der Waals surface area contributed by atoms with Crippen LogP contribution in [-0.2, 0) is 9.59 Å². The third kappa shape index (κ3) is 2.63. The summed E-state index contributed by atoms with van der Waals surface area (Å²) in [6.07, 6.45) is 0.246. The molecule has 2 rings (SSSR count). The number of halogens is 2. The lowest BCUT2D eigenvalue weighted by molar-refractivity contribution is -0.123. The predicted molar refractivity (Wildman–Crippen MR) is 64.1 cm³/mol. The predicted octanol–water partition coefficient (Wildman–Crippen LogP) is 1.44. The SMILES string of the molecule is O=C1CCN(c2ccc(F)cc2Br)C(=O)CN1. The van der Waals surface area contributed by atoms with Crippen molar-refractivity contribution in [2.75, 3.05) is 18.0 Å². The van der Waals surface area contributed by atoms with Crippen molar-refractivity contribution < 1.29 is 14.0 Å². The van der Waals surface area contributed by atoms with Gasteiger partial charge < -0.3 is 10.2 Å². The van der Waals surface area contributed by atoms with E-state index in [0.717, 1.165) is 0 Å². The molecule has 1 saturated heterocycles. The first-order valence-electron chi connectivity index (χ1n) is 5.10. The minimum absolute atomic E-state index is 0.0251. The third-order valence-corrected chi connectivity index (χ3v) is 3.14. The first-order chi connectivity index (χ1) is 8.08. The number of benzene rings is 1. The Kier molecular flexibility index (Phi) is 3.42. The van der Waals surface area contributed by atoms with Gasteiger partial charge in [0.25, 0.3) is 0 Å². The largest absolute Gasteiger partial charge is 0.347 e. The van der Waals surface area contributed by atoms with Gasteiger partial charge in [0, 0.05) is 17.4 Å². The minimum Gasteiger partial charge on any atom is -0.347 e. The molecule has 0 aromatic heterocycles. The van der Waals surface area contributed by atoms with Crippen molar-refractivity contribution >= 4 is 33.4 Å². The van der Waals surface area contributed by atoms with Crippen molar-refractivity contribution in [3.8, 4) is 0 Å². The molecule has 1 aromatic rings. The Bertz CT molecular complexity index is 479. The van der Waals surface area contributed by atoms with E-state index in [-0.39, 0.29) is 30.6 Å². The molecule has 0 unspecified atom stereocenters. The highest BCUT2D eigenvalue weighted by molar-refractivity contribution is 9.10. The highest BCUT2D eigenvalue weighted by Gasteiger charge is 2.22. The average molecular weight is 301 g/mol. The van der Waals surface area contributed by atoms with Gasteiger partial charge in [-0.05, 0) is 34.1 Å². The van der Waals surface area contributed by atoms with Gasteiger partial charge in [-0.3, -0.25) is 9.59 Å². The van der Waals surface area contributed by atoms with Gasteiger partial charge in [0.2, 0.25) is 11.8 Å². The first-order valence-corrected chi connectivity index (χ1v) is 5.89. The van der Waals surface area contributed by atoms with E-state index >= 15 is 0 Å². The topological polar surface area (TPSA) is 49.4 Å². The maximum Gasteiger partial charge on any atom is 0.246 e. The molecule has 1 fully saturated rings. The van der Waals surface area contributed by atoms with Crippen LogP contribution in [0, 0.1) is 5.82 Å². The Labute approximate surface area is 106 Å². The van der Waals surface area contributed by atoms with Crippen LogP contribution >= 0.6 is 15.9 Å². The van der Waals surface area contributed by atoms with Gasteiger partial charge in [0.15, 0.2) is 0 Å². The molecule has 0 spiro atoms. The molecule has 1 aliphatic rings. The smallest absolute Gasteiger partial charge is 0.246 e. The summed E-state index contributed by atoms with van der Waals surface area (Å²) < 4.78 is 13.5. The average Bonchev–Trinajstić information content (AvgIpc) is 2.43. The Morgan fingerprint density at radius 1 is 1.35 bits per heavy atom. The van der Waals surface area contributed by atoms with Gasteiger partial charge in [-0.15, -0.1) is 0 Å². The van der Waals surface area contributed by atoms with E-state index in [1.54, 1.807) is 0 Å². The molecule has 4 nitrogen and oxygen atoms in total. The molecule has 1 N–H and O–H groups in total. The fourth-order valence-electron chi connectivity index (χ4n) is 1.65. The van der Waals surface area contributed by atoms with Crippen molar-refractivity contribution in [2.24, 2.45) is 0 Å². The summed E-state index contributed by atoms with van der Waals surface area (Å²) in [5.41, 5.74) is 0.577. The number of carbonyl (C=O) groups excluding carboxylic acids is 2. The molecule has 1 aliphatic heterocycles. The van der Waals surface area contributed by atoms with E-state index < -0.39 is 0 Å². The normalized spacial score (nSPS) is 16.7. The Balaban J connectivity index is 2.31. The third-order valence-electron chi connectivity index (χ3n) is 2.50. The quantitative estimate of drug-likeness (QED) is 0.853. The standard InChI is InChI=1S/C11H10BrFN2O2/c12-8-5-7(13)1-2-9(8)15-4-3-10(16)14-6-11(15)17/h1-2,5H,3-4,6H2,(H,14,16). The van der Waals surface area contributed by atoms with E-state index in [1.807, 2.05) is 0 Å². The Morgan fingerprint density at radius 2 is 2.12 bits per heavy atom. The zero-order valence-electron chi connectivity index (χ0n) is 8.87. The number of rotatable bonds is 1. The zero-order valence-corrected chi connectivity index (χ0v) is 10.5. The molecule has 0 atom stereocenters. The molecule has 0 aliphatic carbocycles. The fraction of sp³-hybridized carbons (Fsp3) is 0.273. The van der Waals surface area contributed by atoms with E-state index in [1.165, 1.54) is 23.1 Å². The molecule has 17 heavy (non-hydrogen) atoms. The summed E-state index contributed by atoms with van der Waals surface area (Å²) in [6.45, 7) is 0.275. The van der Waals surface area contributed by atoms with Gasteiger partial charge in [-0.1, -0.05) is 0 Å². The van der Waals surface area contributed by atoms with Crippen molar-refractivity contribution in [3.63, 3.8) is 0 Å². The lowest BCUT2D eigenvalue weighted by Crippen LogP contribution is -2.35.